The van der Waals surface area contributed by atoms with Gasteiger partial charge in [0.25, 0.3) is 0 Å². The zero-order valence-electron chi connectivity index (χ0n) is 9.12. The largest absolute Gasteiger partial charge is 0.464 e. The van der Waals surface area contributed by atoms with E-state index in [1.165, 1.54) is 7.11 Å². The quantitative estimate of drug-likeness (QED) is 0.536. The Kier molecular flexibility index (Phi) is 7.57. The van der Waals surface area contributed by atoms with Crippen LogP contribution in [0.5, 0.6) is 0 Å². The first-order valence-electron chi connectivity index (χ1n) is 4.80. The molecule has 0 heterocycles. The molecular formula is C9H18N2O4. The van der Waals surface area contributed by atoms with Gasteiger partial charge in [-0.2, -0.15) is 0 Å². The van der Waals surface area contributed by atoms with Gasteiger partial charge in [-0.1, -0.05) is 0 Å². The molecule has 3 N–H and O–H groups in total. The maximum Gasteiger partial charge on any atom is 0.329 e. The second-order valence-corrected chi connectivity index (χ2v) is 2.85. The summed E-state index contributed by atoms with van der Waals surface area (Å²) in [7, 11) is 1.50. The van der Waals surface area contributed by atoms with Gasteiger partial charge in [-0.3, -0.25) is 4.79 Å². The highest BCUT2D eigenvalue weighted by Gasteiger charge is 2.19. The molecule has 6 heteroatoms. The summed E-state index contributed by atoms with van der Waals surface area (Å²) in [6.45, 7) is 2.30. The van der Waals surface area contributed by atoms with E-state index >= 15 is 0 Å². The Hall–Kier alpha value is -1.14. The van der Waals surface area contributed by atoms with Gasteiger partial charge in [0.15, 0.2) is 0 Å². The molecule has 0 bridgehead atoms. The van der Waals surface area contributed by atoms with E-state index < -0.39 is 12.0 Å². The van der Waals surface area contributed by atoms with Crippen LogP contribution in [0.15, 0.2) is 0 Å². The number of rotatable bonds is 7. The van der Waals surface area contributed by atoms with E-state index in [1.54, 1.807) is 6.92 Å². The lowest BCUT2D eigenvalue weighted by atomic mass is 10.3. The molecule has 0 fully saturated rings. The van der Waals surface area contributed by atoms with Crippen LogP contribution in [-0.4, -0.2) is 44.8 Å². The van der Waals surface area contributed by atoms with Crippen molar-refractivity contribution >= 4 is 11.9 Å². The number of amides is 1. The van der Waals surface area contributed by atoms with Crippen LogP contribution in [0, 0.1) is 0 Å². The number of nitrogens with one attached hydrogen (secondary N) is 1. The van der Waals surface area contributed by atoms with Crippen molar-refractivity contribution in [3.63, 3.8) is 0 Å². The van der Waals surface area contributed by atoms with E-state index in [0.717, 1.165) is 0 Å². The summed E-state index contributed by atoms with van der Waals surface area (Å²) in [6, 6.07) is -0.769. The van der Waals surface area contributed by atoms with Crippen molar-refractivity contribution in [3.8, 4) is 0 Å². The molecule has 1 atom stereocenters. The maximum absolute atomic E-state index is 11.2. The Morgan fingerprint density at radius 1 is 1.47 bits per heavy atom. The molecule has 15 heavy (non-hydrogen) atoms. The first-order chi connectivity index (χ1) is 7.15. The lowest BCUT2D eigenvalue weighted by molar-refractivity contribution is -0.147. The van der Waals surface area contributed by atoms with Crippen molar-refractivity contribution in [1.29, 1.82) is 0 Å². The summed E-state index contributed by atoms with van der Waals surface area (Å²) < 4.78 is 9.46. The van der Waals surface area contributed by atoms with Crippen molar-refractivity contribution in [2.75, 3.05) is 26.9 Å². The molecule has 0 aliphatic rings. The minimum Gasteiger partial charge on any atom is -0.464 e. The van der Waals surface area contributed by atoms with E-state index in [9.17, 15) is 9.59 Å². The minimum atomic E-state index is -0.769. The topological polar surface area (TPSA) is 90.6 Å². The van der Waals surface area contributed by atoms with Gasteiger partial charge in [-0.05, 0) is 6.92 Å². The fourth-order valence-corrected chi connectivity index (χ4v) is 0.918. The van der Waals surface area contributed by atoms with E-state index in [-0.39, 0.29) is 25.5 Å². The minimum absolute atomic E-state index is 0.0254. The highest BCUT2D eigenvalue weighted by atomic mass is 16.5. The van der Waals surface area contributed by atoms with Crippen LogP contribution in [0.4, 0.5) is 0 Å². The summed E-state index contributed by atoms with van der Waals surface area (Å²) in [6.07, 6.45) is 0.201. The monoisotopic (exact) mass is 218 g/mol. The highest BCUT2D eigenvalue weighted by molar-refractivity contribution is 5.84. The summed E-state index contributed by atoms with van der Waals surface area (Å²) in [5.41, 5.74) is 5.33. The van der Waals surface area contributed by atoms with Crippen LogP contribution in [0.2, 0.25) is 0 Å². The van der Waals surface area contributed by atoms with Crippen molar-refractivity contribution in [3.05, 3.63) is 0 Å². The zero-order chi connectivity index (χ0) is 11.7. The Bertz CT molecular complexity index is 208. The fourth-order valence-electron chi connectivity index (χ4n) is 0.918. The summed E-state index contributed by atoms with van der Waals surface area (Å²) in [5.74, 6) is -0.786. The number of hydrogen-bond acceptors (Lipinski definition) is 5. The van der Waals surface area contributed by atoms with Gasteiger partial charge in [-0.15, -0.1) is 0 Å². The Labute approximate surface area is 89.1 Å². The van der Waals surface area contributed by atoms with Gasteiger partial charge in [-0.25, -0.2) is 4.79 Å². The molecule has 0 aromatic rings. The van der Waals surface area contributed by atoms with Crippen LogP contribution in [-0.2, 0) is 19.1 Å². The van der Waals surface area contributed by atoms with Crippen LogP contribution in [0.3, 0.4) is 0 Å². The van der Waals surface area contributed by atoms with E-state index in [2.05, 4.69) is 5.32 Å². The average molecular weight is 218 g/mol. The third-order valence-electron chi connectivity index (χ3n) is 1.68. The molecule has 0 spiro atoms. The molecule has 0 radical (unpaired) electrons. The second-order valence-electron chi connectivity index (χ2n) is 2.85. The number of esters is 1. The molecule has 0 saturated heterocycles. The van der Waals surface area contributed by atoms with Crippen LogP contribution >= 0.6 is 0 Å². The van der Waals surface area contributed by atoms with E-state index in [1.807, 2.05) is 0 Å². The Morgan fingerprint density at radius 2 is 2.13 bits per heavy atom. The highest BCUT2D eigenvalue weighted by Crippen LogP contribution is 1.90. The van der Waals surface area contributed by atoms with Crippen LogP contribution in [0.1, 0.15) is 13.3 Å². The van der Waals surface area contributed by atoms with Gasteiger partial charge in [0.1, 0.15) is 6.04 Å². The molecule has 6 nitrogen and oxygen atoms in total. The fraction of sp³-hybridized carbons (Fsp3) is 0.778. The number of carbonyl (C=O) groups excluding carboxylic acids is 2. The molecule has 0 aromatic carbocycles. The number of methoxy groups -OCH3 is 1. The van der Waals surface area contributed by atoms with Crippen LogP contribution in [0.25, 0.3) is 0 Å². The van der Waals surface area contributed by atoms with Gasteiger partial charge < -0.3 is 20.5 Å². The summed E-state index contributed by atoms with van der Waals surface area (Å²) in [4.78, 5) is 22.5. The summed E-state index contributed by atoms with van der Waals surface area (Å²) in [5, 5.41) is 2.47. The zero-order valence-corrected chi connectivity index (χ0v) is 9.12. The maximum atomic E-state index is 11.2. The molecule has 0 unspecified atom stereocenters. The third-order valence-corrected chi connectivity index (χ3v) is 1.68. The third kappa shape index (κ3) is 6.03. The Balaban J connectivity index is 3.97. The van der Waals surface area contributed by atoms with Crippen molar-refractivity contribution in [2.24, 2.45) is 5.73 Å². The predicted molar refractivity (Wildman–Crippen MR) is 54.1 cm³/mol. The van der Waals surface area contributed by atoms with Gasteiger partial charge in [0, 0.05) is 20.1 Å². The Morgan fingerprint density at radius 3 is 2.60 bits per heavy atom. The molecule has 0 rings (SSSR count). The normalized spacial score (nSPS) is 11.9. The van der Waals surface area contributed by atoms with E-state index in [4.69, 9.17) is 15.2 Å². The molecule has 1 amide bonds. The molecular weight excluding hydrogens is 200 g/mol. The lowest BCUT2D eigenvalue weighted by Gasteiger charge is -2.14. The molecule has 0 aliphatic heterocycles. The number of ether oxygens (including phenoxy) is 2. The standard InChI is InChI=1S/C9H18N2O4/c1-3-15-9(13)7(6-10)11-8(12)4-5-14-2/h7H,3-6,10H2,1-2H3,(H,11,12)/t7-/m0/s1. The van der Waals surface area contributed by atoms with Gasteiger partial charge in [0.05, 0.1) is 13.2 Å². The molecule has 0 saturated carbocycles. The molecule has 0 aliphatic carbocycles. The predicted octanol–water partition coefficient (Wildman–Crippen LogP) is -0.970. The van der Waals surface area contributed by atoms with Gasteiger partial charge >= 0.3 is 5.97 Å². The van der Waals surface area contributed by atoms with Crippen molar-refractivity contribution < 1.29 is 19.1 Å². The lowest BCUT2D eigenvalue weighted by Crippen LogP contribution is -2.46. The number of hydrogen-bond donors (Lipinski definition) is 2. The number of nitrogens with two attached hydrogens (primary N) is 1. The number of carbonyl (C=O) groups is 2. The first-order valence-corrected chi connectivity index (χ1v) is 4.80. The first kappa shape index (κ1) is 13.9. The van der Waals surface area contributed by atoms with Crippen molar-refractivity contribution in [1.82, 2.24) is 5.32 Å². The molecule has 88 valence electrons. The van der Waals surface area contributed by atoms with Crippen molar-refractivity contribution in [2.45, 2.75) is 19.4 Å². The van der Waals surface area contributed by atoms with Crippen LogP contribution < -0.4 is 11.1 Å². The molecule has 0 aromatic heterocycles. The van der Waals surface area contributed by atoms with Gasteiger partial charge in [0.2, 0.25) is 5.91 Å². The average Bonchev–Trinajstić information content (AvgIpc) is 2.23. The second kappa shape index (κ2) is 8.19. The SMILES string of the molecule is CCOC(=O)[C@H](CN)NC(=O)CCOC. The summed E-state index contributed by atoms with van der Waals surface area (Å²) >= 11 is 0. The smallest absolute Gasteiger partial charge is 0.329 e. The van der Waals surface area contributed by atoms with E-state index in [0.29, 0.717) is 6.61 Å².